The van der Waals surface area contributed by atoms with E-state index in [4.69, 9.17) is 4.43 Å². The molecular formula is C8H10OSi. The van der Waals surface area contributed by atoms with Crippen LogP contribution in [0.2, 0.25) is 6.04 Å². The van der Waals surface area contributed by atoms with Crippen molar-refractivity contribution in [2.45, 2.75) is 6.04 Å². The van der Waals surface area contributed by atoms with Crippen LogP contribution in [0.5, 0.6) is 0 Å². The highest BCUT2D eigenvalue weighted by atomic mass is 28.3. The van der Waals surface area contributed by atoms with Gasteiger partial charge >= 0.3 is 0 Å². The molecule has 0 N–H and O–H groups in total. The molecule has 1 saturated heterocycles. The van der Waals surface area contributed by atoms with E-state index in [1.165, 1.54) is 0 Å². The van der Waals surface area contributed by atoms with E-state index >= 15 is 0 Å². The molecule has 0 radical (unpaired) electrons. The maximum absolute atomic E-state index is 5.30. The Labute approximate surface area is 62.7 Å². The molecule has 0 aromatic heterocycles. The molecule has 0 bridgehead atoms. The largest absolute Gasteiger partial charge is 0.517 e. The number of allylic oxidation sites excluding steroid dienone is 1. The van der Waals surface area contributed by atoms with Crippen LogP contribution in [-0.2, 0) is 4.43 Å². The van der Waals surface area contributed by atoms with Gasteiger partial charge in [0.2, 0.25) is 8.65 Å². The van der Waals surface area contributed by atoms with Gasteiger partial charge in [-0.2, -0.15) is 0 Å². The Morgan fingerprint density at radius 2 is 1.90 bits per heavy atom. The molecule has 52 valence electrons. The zero-order chi connectivity index (χ0) is 7.72. The fourth-order valence-corrected chi connectivity index (χ4v) is 2.05. The normalized spacial score (nSPS) is 19.2. The first-order valence-corrected chi connectivity index (χ1v) is 4.85. The highest BCUT2D eigenvalue weighted by Gasteiger charge is 2.15. The zero-order valence-electron chi connectivity index (χ0n) is 5.94. The van der Waals surface area contributed by atoms with Crippen molar-refractivity contribution in [3.63, 3.8) is 0 Å². The van der Waals surface area contributed by atoms with E-state index in [-0.39, 0.29) is 0 Å². The predicted molar refractivity (Wildman–Crippen MR) is 46.2 cm³/mol. The number of rotatable bonds is 0. The number of hydrogen-bond donors (Lipinski definition) is 0. The monoisotopic (exact) mass is 150 g/mol. The quantitative estimate of drug-likeness (QED) is 0.477. The molecule has 10 heavy (non-hydrogen) atoms. The van der Waals surface area contributed by atoms with Gasteiger partial charge in [-0.05, 0) is 5.57 Å². The van der Waals surface area contributed by atoms with E-state index in [0.717, 1.165) is 17.2 Å². The van der Waals surface area contributed by atoms with E-state index in [9.17, 15) is 0 Å². The zero-order valence-corrected chi connectivity index (χ0v) is 6.94. The summed E-state index contributed by atoms with van der Waals surface area (Å²) in [6.07, 6.45) is 3.85. The van der Waals surface area contributed by atoms with Gasteiger partial charge in [-0.15, -0.1) is 0 Å². The van der Waals surface area contributed by atoms with Crippen LogP contribution in [0.4, 0.5) is 0 Å². The minimum atomic E-state index is -0.933. The minimum Gasteiger partial charge on any atom is -0.517 e. The first-order chi connectivity index (χ1) is 4.61. The molecule has 1 fully saturated rings. The van der Waals surface area contributed by atoms with Crippen molar-refractivity contribution in [2.75, 3.05) is 0 Å². The summed E-state index contributed by atoms with van der Waals surface area (Å²) >= 11 is 0. The topological polar surface area (TPSA) is 9.23 Å². The smallest absolute Gasteiger partial charge is 0.237 e. The van der Waals surface area contributed by atoms with Gasteiger partial charge in [0.25, 0.3) is 0 Å². The van der Waals surface area contributed by atoms with Crippen LogP contribution in [0.1, 0.15) is 0 Å². The van der Waals surface area contributed by atoms with Gasteiger partial charge in [0, 0.05) is 11.6 Å². The molecule has 0 aliphatic carbocycles. The summed E-state index contributed by atoms with van der Waals surface area (Å²) in [7, 11) is -0.933. The Balaban J connectivity index is 2.86. The van der Waals surface area contributed by atoms with Crippen LogP contribution >= 0.6 is 0 Å². The molecule has 0 amide bonds. The molecule has 0 saturated carbocycles. The van der Waals surface area contributed by atoms with Gasteiger partial charge in [-0.3, -0.25) is 0 Å². The van der Waals surface area contributed by atoms with Crippen LogP contribution in [0.3, 0.4) is 0 Å². The molecule has 1 heterocycles. The van der Waals surface area contributed by atoms with Crippen LogP contribution in [0.25, 0.3) is 0 Å². The summed E-state index contributed by atoms with van der Waals surface area (Å²) in [5.41, 5.74) is 1.87. The van der Waals surface area contributed by atoms with Gasteiger partial charge in [0.1, 0.15) is 5.76 Å². The van der Waals surface area contributed by atoms with Crippen molar-refractivity contribution in [1.82, 2.24) is 0 Å². The third-order valence-corrected chi connectivity index (χ3v) is 2.80. The Kier molecular flexibility index (Phi) is 1.72. The van der Waals surface area contributed by atoms with Crippen molar-refractivity contribution in [3.05, 3.63) is 36.6 Å². The van der Waals surface area contributed by atoms with E-state index in [0.29, 0.717) is 5.76 Å². The summed E-state index contributed by atoms with van der Waals surface area (Å²) in [6.45, 7) is 11.3. The second-order valence-electron chi connectivity index (χ2n) is 2.32. The lowest BCUT2D eigenvalue weighted by Crippen LogP contribution is -2.15. The molecule has 0 aromatic carbocycles. The van der Waals surface area contributed by atoms with E-state index in [2.05, 4.69) is 25.9 Å². The Hall–Kier alpha value is -0.893. The third-order valence-electron chi connectivity index (χ3n) is 1.44. The summed E-state index contributed by atoms with van der Waals surface area (Å²) in [5.74, 6) is 0.653. The van der Waals surface area contributed by atoms with Crippen molar-refractivity contribution >= 4 is 14.8 Å². The first-order valence-electron chi connectivity index (χ1n) is 3.03. The highest BCUT2D eigenvalue weighted by Crippen LogP contribution is 2.24. The molecular weight excluding hydrogens is 140 g/mol. The Morgan fingerprint density at radius 1 is 1.30 bits per heavy atom. The van der Waals surface area contributed by atoms with Gasteiger partial charge in [-0.25, -0.2) is 0 Å². The minimum absolute atomic E-state index is 0.653. The lowest BCUT2D eigenvalue weighted by Gasteiger charge is -2.20. The van der Waals surface area contributed by atoms with E-state index < -0.39 is 8.65 Å². The van der Waals surface area contributed by atoms with Crippen molar-refractivity contribution in [3.8, 4) is 0 Å². The standard InChI is InChI=1S/C8H10OSi/c1-6-5-10(4)9-8(3)7(6)2/h1-5H2. The first kappa shape index (κ1) is 7.22. The van der Waals surface area contributed by atoms with Crippen LogP contribution in [-0.4, -0.2) is 14.8 Å². The third kappa shape index (κ3) is 1.16. The summed E-state index contributed by atoms with van der Waals surface area (Å²) in [6, 6.07) is 0.864. The average molecular weight is 150 g/mol. The second-order valence-corrected chi connectivity index (χ2v) is 3.96. The SMILES string of the molecule is C=C1C[Si](=C)OC(=C)C1=C. The summed E-state index contributed by atoms with van der Waals surface area (Å²) < 4.78 is 5.30. The van der Waals surface area contributed by atoms with Crippen LogP contribution < -0.4 is 0 Å². The van der Waals surface area contributed by atoms with Gasteiger partial charge in [0.05, 0.1) is 0 Å². The fraction of sp³-hybridized carbons (Fsp3) is 0.125. The summed E-state index contributed by atoms with van der Waals surface area (Å²) in [5, 5.41) is 0. The molecule has 2 heteroatoms. The van der Waals surface area contributed by atoms with Gasteiger partial charge < -0.3 is 4.43 Å². The molecule has 0 aromatic rings. The molecule has 0 atom stereocenters. The van der Waals surface area contributed by atoms with Crippen molar-refractivity contribution < 1.29 is 4.43 Å². The fourth-order valence-electron chi connectivity index (χ4n) is 0.814. The number of hydrogen-bond acceptors (Lipinski definition) is 1. The molecule has 1 aliphatic rings. The van der Waals surface area contributed by atoms with Gasteiger partial charge in [-0.1, -0.05) is 25.9 Å². The molecule has 0 unspecified atom stereocenters. The highest BCUT2D eigenvalue weighted by molar-refractivity contribution is 6.57. The second kappa shape index (κ2) is 2.38. The maximum atomic E-state index is 5.30. The molecule has 1 nitrogen and oxygen atoms in total. The van der Waals surface area contributed by atoms with Crippen LogP contribution in [0, 0.1) is 0 Å². The Bertz CT molecular complexity index is 216. The van der Waals surface area contributed by atoms with Crippen LogP contribution in [0.15, 0.2) is 36.6 Å². The van der Waals surface area contributed by atoms with E-state index in [1.54, 1.807) is 0 Å². The summed E-state index contributed by atoms with van der Waals surface area (Å²) in [4.78, 5) is 0. The van der Waals surface area contributed by atoms with Crippen molar-refractivity contribution in [1.29, 1.82) is 0 Å². The molecule has 0 spiro atoms. The maximum Gasteiger partial charge on any atom is 0.237 e. The average Bonchev–Trinajstić information content (AvgIpc) is 1.82. The predicted octanol–water partition coefficient (Wildman–Crippen LogP) is 1.65. The molecule has 1 rings (SSSR count). The van der Waals surface area contributed by atoms with E-state index in [1.807, 2.05) is 0 Å². The Morgan fingerprint density at radius 3 is 2.40 bits per heavy atom. The van der Waals surface area contributed by atoms with Crippen molar-refractivity contribution in [2.24, 2.45) is 0 Å². The lowest BCUT2D eigenvalue weighted by molar-refractivity contribution is 0.456. The molecule has 1 aliphatic heterocycles. The van der Waals surface area contributed by atoms with Gasteiger partial charge in [0.15, 0.2) is 0 Å². The lowest BCUT2D eigenvalue weighted by atomic mass is 10.1.